The largest absolute Gasteiger partial charge is 0.492 e. The lowest BCUT2D eigenvalue weighted by atomic mass is 10.2. The van der Waals surface area contributed by atoms with E-state index in [4.69, 9.17) is 22.1 Å². The van der Waals surface area contributed by atoms with E-state index in [1.807, 2.05) is 0 Å². The second kappa shape index (κ2) is 7.09. The number of ether oxygens (including phenoxy) is 1. The molecule has 0 radical (unpaired) electrons. The molecule has 2 nitrogen and oxygen atoms in total. The van der Waals surface area contributed by atoms with Gasteiger partial charge in [0.2, 0.25) is 0 Å². The van der Waals surface area contributed by atoms with Crippen molar-refractivity contribution in [3.63, 3.8) is 0 Å². The highest BCUT2D eigenvalue weighted by atomic mass is 79.9. The van der Waals surface area contributed by atoms with Gasteiger partial charge in [-0.15, -0.1) is 0 Å². The Kier molecular flexibility index (Phi) is 6.09. The molecule has 0 aliphatic rings. The van der Waals surface area contributed by atoms with E-state index in [0.717, 1.165) is 19.3 Å². The normalized spacial score (nSPS) is 10.5. The van der Waals surface area contributed by atoms with Crippen molar-refractivity contribution in [3.05, 3.63) is 27.4 Å². The summed E-state index contributed by atoms with van der Waals surface area (Å²) in [5.41, 5.74) is 5.37. The lowest BCUT2D eigenvalue weighted by Gasteiger charge is -2.08. The van der Waals surface area contributed by atoms with E-state index >= 15 is 0 Å². The minimum Gasteiger partial charge on any atom is -0.492 e. The van der Waals surface area contributed by atoms with Crippen LogP contribution in [0.3, 0.4) is 0 Å². The van der Waals surface area contributed by atoms with Gasteiger partial charge in [-0.2, -0.15) is 0 Å². The number of rotatable bonds is 6. The number of unbranched alkanes of at least 4 members (excludes halogenated alkanes) is 2. The summed E-state index contributed by atoms with van der Waals surface area (Å²) in [6, 6.07) is 2.78. The Labute approximate surface area is 108 Å². The van der Waals surface area contributed by atoms with Gasteiger partial charge in [0.05, 0.1) is 16.1 Å². The fourth-order valence-electron chi connectivity index (χ4n) is 1.22. The molecule has 0 fully saturated rings. The molecule has 0 unspecified atom stereocenters. The molecule has 0 heterocycles. The van der Waals surface area contributed by atoms with E-state index in [9.17, 15) is 4.39 Å². The van der Waals surface area contributed by atoms with E-state index in [2.05, 4.69) is 15.9 Å². The van der Waals surface area contributed by atoms with E-state index in [1.165, 1.54) is 12.1 Å². The third-order valence-electron chi connectivity index (χ3n) is 2.08. The molecule has 0 aliphatic carbocycles. The van der Waals surface area contributed by atoms with Gasteiger partial charge >= 0.3 is 0 Å². The number of hydrogen-bond acceptors (Lipinski definition) is 2. The summed E-state index contributed by atoms with van der Waals surface area (Å²) in [5.74, 6) is 0.0106. The van der Waals surface area contributed by atoms with Crippen LogP contribution in [0.2, 0.25) is 5.02 Å². The number of nitrogens with two attached hydrogens (primary N) is 1. The van der Waals surface area contributed by atoms with Crippen LogP contribution < -0.4 is 10.5 Å². The minimum atomic E-state index is -0.471. The van der Waals surface area contributed by atoms with Gasteiger partial charge in [-0.25, -0.2) is 4.39 Å². The van der Waals surface area contributed by atoms with Crippen LogP contribution in [0.15, 0.2) is 16.6 Å². The van der Waals surface area contributed by atoms with Crippen molar-refractivity contribution >= 4 is 27.5 Å². The molecule has 0 saturated carbocycles. The number of halogens is 3. The Morgan fingerprint density at radius 1 is 1.31 bits per heavy atom. The molecule has 0 aromatic heterocycles. The molecular weight excluding hydrogens is 296 g/mol. The maximum atomic E-state index is 13.1. The van der Waals surface area contributed by atoms with Gasteiger partial charge in [-0.3, -0.25) is 0 Å². The van der Waals surface area contributed by atoms with Crippen LogP contribution in [-0.2, 0) is 0 Å². The molecule has 16 heavy (non-hydrogen) atoms. The van der Waals surface area contributed by atoms with E-state index in [-0.39, 0.29) is 5.02 Å². The zero-order valence-corrected chi connectivity index (χ0v) is 11.2. The Morgan fingerprint density at radius 2 is 2.06 bits per heavy atom. The smallest absolute Gasteiger partial charge is 0.145 e. The molecule has 0 saturated heterocycles. The Balaban J connectivity index is 2.45. The molecule has 1 rings (SSSR count). The van der Waals surface area contributed by atoms with Crippen molar-refractivity contribution in [1.82, 2.24) is 0 Å². The van der Waals surface area contributed by atoms with Gasteiger partial charge in [-0.1, -0.05) is 11.6 Å². The maximum Gasteiger partial charge on any atom is 0.145 e. The second-order valence-corrected chi connectivity index (χ2v) is 4.66. The average Bonchev–Trinajstić information content (AvgIpc) is 2.25. The first-order chi connectivity index (χ1) is 7.65. The lowest BCUT2D eigenvalue weighted by Crippen LogP contribution is -2.02. The summed E-state index contributed by atoms with van der Waals surface area (Å²) in [6.07, 6.45) is 2.91. The van der Waals surface area contributed by atoms with Crippen molar-refractivity contribution in [3.8, 4) is 5.75 Å². The molecule has 0 amide bonds. The zero-order valence-electron chi connectivity index (χ0n) is 8.81. The molecule has 2 N–H and O–H groups in total. The summed E-state index contributed by atoms with van der Waals surface area (Å²) in [4.78, 5) is 0. The SMILES string of the molecule is NCCCCCOc1cc(F)c(Cl)cc1Br. The lowest BCUT2D eigenvalue weighted by molar-refractivity contribution is 0.302. The van der Waals surface area contributed by atoms with Gasteiger partial charge in [-0.05, 0) is 47.8 Å². The van der Waals surface area contributed by atoms with E-state index in [0.29, 0.717) is 23.4 Å². The quantitative estimate of drug-likeness (QED) is 0.641. The van der Waals surface area contributed by atoms with Crippen LogP contribution in [0, 0.1) is 5.82 Å². The Morgan fingerprint density at radius 3 is 2.75 bits per heavy atom. The van der Waals surface area contributed by atoms with Crippen LogP contribution in [-0.4, -0.2) is 13.2 Å². The summed E-state index contributed by atoms with van der Waals surface area (Å²) in [7, 11) is 0. The van der Waals surface area contributed by atoms with Crippen LogP contribution >= 0.6 is 27.5 Å². The Hall–Kier alpha value is -0.320. The summed E-state index contributed by atoms with van der Waals surface area (Å²) in [6.45, 7) is 1.25. The predicted octanol–water partition coefficient (Wildman–Crippen LogP) is 3.75. The van der Waals surface area contributed by atoms with Gasteiger partial charge in [0.15, 0.2) is 0 Å². The summed E-state index contributed by atoms with van der Waals surface area (Å²) in [5, 5.41) is 0.0855. The monoisotopic (exact) mass is 309 g/mol. The van der Waals surface area contributed by atoms with Crippen molar-refractivity contribution in [2.45, 2.75) is 19.3 Å². The first kappa shape index (κ1) is 13.7. The first-order valence-corrected chi connectivity index (χ1v) is 6.29. The van der Waals surface area contributed by atoms with Crippen LogP contribution in [0.4, 0.5) is 4.39 Å². The standard InChI is InChI=1S/C11H14BrClFNO/c12-8-6-9(13)10(14)7-11(8)16-5-3-1-2-4-15/h6-7H,1-5,15H2. The summed E-state index contributed by atoms with van der Waals surface area (Å²) >= 11 is 8.88. The highest BCUT2D eigenvalue weighted by molar-refractivity contribution is 9.10. The average molecular weight is 311 g/mol. The molecule has 90 valence electrons. The van der Waals surface area contributed by atoms with Crippen LogP contribution in [0.5, 0.6) is 5.75 Å². The Bertz CT molecular complexity index is 349. The maximum absolute atomic E-state index is 13.1. The molecule has 0 atom stereocenters. The highest BCUT2D eigenvalue weighted by Gasteiger charge is 2.07. The highest BCUT2D eigenvalue weighted by Crippen LogP contribution is 2.30. The third-order valence-corrected chi connectivity index (χ3v) is 2.99. The van der Waals surface area contributed by atoms with E-state index in [1.54, 1.807) is 0 Å². The van der Waals surface area contributed by atoms with Gasteiger partial charge < -0.3 is 10.5 Å². The summed E-state index contributed by atoms with van der Waals surface area (Å²) < 4.78 is 19.2. The topological polar surface area (TPSA) is 35.2 Å². The third kappa shape index (κ3) is 4.28. The molecule has 1 aromatic rings. The zero-order chi connectivity index (χ0) is 12.0. The van der Waals surface area contributed by atoms with Gasteiger partial charge in [0, 0.05) is 6.07 Å². The predicted molar refractivity (Wildman–Crippen MR) is 67.5 cm³/mol. The van der Waals surface area contributed by atoms with Gasteiger partial charge in [0.25, 0.3) is 0 Å². The number of benzene rings is 1. The molecular formula is C11H14BrClFNO. The fraction of sp³-hybridized carbons (Fsp3) is 0.455. The van der Waals surface area contributed by atoms with Crippen molar-refractivity contribution in [2.24, 2.45) is 5.73 Å². The van der Waals surface area contributed by atoms with Crippen molar-refractivity contribution < 1.29 is 9.13 Å². The second-order valence-electron chi connectivity index (χ2n) is 3.39. The van der Waals surface area contributed by atoms with Crippen molar-refractivity contribution in [1.29, 1.82) is 0 Å². The minimum absolute atomic E-state index is 0.0855. The molecule has 5 heteroatoms. The first-order valence-electron chi connectivity index (χ1n) is 5.12. The van der Waals surface area contributed by atoms with Gasteiger partial charge in [0.1, 0.15) is 11.6 Å². The van der Waals surface area contributed by atoms with Crippen LogP contribution in [0.25, 0.3) is 0 Å². The number of hydrogen-bond donors (Lipinski definition) is 1. The molecule has 0 bridgehead atoms. The fourth-order valence-corrected chi connectivity index (χ4v) is 1.97. The van der Waals surface area contributed by atoms with Crippen LogP contribution in [0.1, 0.15) is 19.3 Å². The van der Waals surface area contributed by atoms with E-state index < -0.39 is 5.82 Å². The van der Waals surface area contributed by atoms with Crippen molar-refractivity contribution in [2.75, 3.05) is 13.2 Å². The molecule has 1 aromatic carbocycles. The molecule has 0 aliphatic heterocycles. The molecule has 0 spiro atoms.